The number of nitrogens with zero attached hydrogens (tertiary/aromatic N) is 1. The Morgan fingerprint density at radius 2 is 1.69 bits per heavy atom. The Balaban J connectivity index is 1.75. The number of amides is 4. The molecule has 1 saturated heterocycles. The van der Waals surface area contributed by atoms with Gasteiger partial charge in [0.15, 0.2) is 0 Å². The SMILES string of the molecule is CCCc1ccc(C2(C)NC(=O)N(CC(=O)Nc3c(C)cccc3C)C2=O)cc1. The second-order valence-corrected chi connectivity index (χ2v) is 7.71. The lowest BCUT2D eigenvalue weighted by atomic mass is 9.91. The molecule has 1 atom stereocenters. The molecule has 0 aliphatic carbocycles. The first-order valence-electron chi connectivity index (χ1n) is 9.86. The number of carbonyl (C=O) groups excluding carboxylic acids is 3. The predicted octanol–water partition coefficient (Wildman–Crippen LogP) is 3.66. The lowest BCUT2D eigenvalue weighted by Gasteiger charge is -2.22. The van der Waals surface area contributed by atoms with Gasteiger partial charge in [-0.25, -0.2) is 4.79 Å². The number of rotatable bonds is 6. The number of aryl methyl sites for hydroxylation is 3. The summed E-state index contributed by atoms with van der Waals surface area (Å²) in [6, 6.07) is 12.8. The van der Waals surface area contributed by atoms with Gasteiger partial charge in [-0.2, -0.15) is 0 Å². The summed E-state index contributed by atoms with van der Waals surface area (Å²) in [7, 11) is 0. The number of hydrogen-bond donors (Lipinski definition) is 2. The Hall–Kier alpha value is -3.15. The highest BCUT2D eigenvalue weighted by molar-refractivity contribution is 6.10. The number of imide groups is 1. The van der Waals surface area contributed by atoms with E-state index in [1.165, 1.54) is 5.56 Å². The maximum Gasteiger partial charge on any atom is 0.325 e. The minimum atomic E-state index is -1.18. The van der Waals surface area contributed by atoms with E-state index in [9.17, 15) is 14.4 Å². The lowest BCUT2D eigenvalue weighted by molar-refractivity contribution is -0.133. The van der Waals surface area contributed by atoms with Gasteiger partial charge in [0.1, 0.15) is 12.1 Å². The zero-order valence-electron chi connectivity index (χ0n) is 17.3. The van der Waals surface area contributed by atoms with Gasteiger partial charge in [0.05, 0.1) is 0 Å². The maximum absolute atomic E-state index is 13.0. The van der Waals surface area contributed by atoms with Crippen molar-refractivity contribution in [1.82, 2.24) is 10.2 Å². The minimum absolute atomic E-state index is 0.331. The normalized spacial score (nSPS) is 18.7. The molecule has 0 radical (unpaired) electrons. The molecule has 2 aromatic rings. The Morgan fingerprint density at radius 3 is 2.28 bits per heavy atom. The van der Waals surface area contributed by atoms with Gasteiger partial charge >= 0.3 is 6.03 Å². The average molecular weight is 393 g/mol. The van der Waals surface area contributed by atoms with Crippen LogP contribution >= 0.6 is 0 Å². The van der Waals surface area contributed by atoms with Crippen molar-refractivity contribution < 1.29 is 14.4 Å². The molecule has 0 saturated carbocycles. The Labute approximate surface area is 171 Å². The molecule has 1 fully saturated rings. The molecule has 6 heteroatoms. The average Bonchev–Trinajstić information content (AvgIpc) is 2.90. The molecule has 3 rings (SSSR count). The van der Waals surface area contributed by atoms with E-state index in [2.05, 4.69) is 17.6 Å². The molecule has 152 valence electrons. The third kappa shape index (κ3) is 4.01. The first kappa shape index (κ1) is 20.6. The third-order valence-corrected chi connectivity index (χ3v) is 5.39. The van der Waals surface area contributed by atoms with E-state index in [0.29, 0.717) is 11.3 Å². The van der Waals surface area contributed by atoms with Gasteiger partial charge < -0.3 is 10.6 Å². The second-order valence-electron chi connectivity index (χ2n) is 7.71. The molecule has 29 heavy (non-hydrogen) atoms. The summed E-state index contributed by atoms with van der Waals surface area (Å²) in [5.41, 5.74) is 3.26. The Kier molecular flexibility index (Phi) is 5.73. The molecule has 4 amide bonds. The van der Waals surface area contributed by atoms with Crippen molar-refractivity contribution in [3.8, 4) is 0 Å². The quantitative estimate of drug-likeness (QED) is 0.735. The highest BCUT2D eigenvalue weighted by atomic mass is 16.2. The fourth-order valence-electron chi connectivity index (χ4n) is 3.66. The third-order valence-electron chi connectivity index (χ3n) is 5.39. The summed E-state index contributed by atoms with van der Waals surface area (Å²) >= 11 is 0. The van der Waals surface area contributed by atoms with E-state index >= 15 is 0 Å². The van der Waals surface area contributed by atoms with Crippen molar-refractivity contribution >= 4 is 23.5 Å². The number of para-hydroxylation sites is 1. The zero-order valence-corrected chi connectivity index (χ0v) is 17.3. The number of anilines is 1. The number of nitrogens with one attached hydrogen (secondary N) is 2. The highest BCUT2D eigenvalue weighted by Crippen LogP contribution is 2.29. The van der Waals surface area contributed by atoms with Crippen molar-refractivity contribution in [2.75, 3.05) is 11.9 Å². The van der Waals surface area contributed by atoms with Gasteiger partial charge in [-0.1, -0.05) is 55.8 Å². The van der Waals surface area contributed by atoms with Crippen LogP contribution in [0.25, 0.3) is 0 Å². The maximum atomic E-state index is 13.0. The van der Waals surface area contributed by atoms with E-state index in [-0.39, 0.29) is 6.54 Å². The van der Waals surface area contributed by atoms with Crippen LogP contribution in [0, 0.1) is 13.8 Å². The van der Waals surface area contributed by atoms with Crippen LogP contribution < -0.4 is 10.6 Å². The molecule has 1 unspecified atom stereocenters. The van der Waals surface area contributed by atoms with Crippen molar-refractivity contribution in [2.24, 2.45) is 0 Å². The smallest absolute Gasteiger partial charge is 0.324 e. The van der Waals surface area contributed by atoms with Crippen LogP contribution in [-0.2, 0) is 21.5 Å². The molecule has 1 aliphatic rings. The summed E-state index contributed by atoms with van der Waals surface area (Å²) in [6.45, 7) is 7.25. The van der Waals surface area contributed by atoms with Crippen LogP contribution in [0.3, 0.4) is 0 Å². The largest absolute Gasteiger partial charge is 0.325 e. The van der Waals surface area contributed by atoms with E-state index in [4.69, 9.17) is 0 Å². The summed E-state index contributed by atoms with van der Waals surface area (Å²) in [6.07, 6.45) is 2.00. The van der Waals surface area contributed by atoms with Crippen molar-refractivity contribution in [1.29, 1.82) is 0 Å². The Morgan fingerprint density at radius 1 is 1.07 bits per heavy atom. The van der Waals surface area contributed by atoms with Gasteiger partial charge in [0, 0.05) is 5.69 Å². The van der Waals surface area contributed by atoms with Crippen LogP contribution in [0.15, 0.2) is 42.5 Å². The van der Waals surface area contributed by atoms with Gasteiger partial charge in [0.2, 0.25) is 5.91 Å². The number of urea groups is 1. The van der Waals surface area contributed by atoms with Crippen LogP contribution in [0.4, 0.5) is 10.5 Å². The van der Waals surface area contributed by atoms with E-state index in [1.54, 1.807) is 6.92 Å². The molecule has 1 aliphatic heterocycles. The fourth-order valence-corrected chi connectivity index (χ4v) is 3.66. The molecule has 6 nitrogen and oxygen atoms in total. The van der Waals surface area contributed by atoms with Gasteiger partial charge in [-0.15, -0.1) is 0 Å². The lowest BCUT2D eigenvalue weighted by Crippen LogP contribution is -2.42. The Bertz CT molecular complexity index is 932. The minimum Gasteiger partial charge on any atom is -0.324 e. The van der Waals surface area contributed by atoms with Crippen LogP contribution in [-0.4, -0.2) is 29.3 Å². The van der Waals surface area contributed by atoms with Crippen molar-refractivity contribution in [2.45, 2.75) is 46.1 Å². The fraction of sp³-hybridized carbons (Fsp3) is 0.348. The summed E-state index contributed by atoms with van der Waals surface area (Å²) in [4.78, 5) is 39.0. The predicted molar refractivity (Wildman–Crippen MR) is 113 cm³/mol. The molecule has 1 heterocycles. The van der Waals surface area contributed by atoms with E-state index in [1.807, 2.05) is 56.3 Å². The van der Waals surface area contributed by atoms with Crippen LogP contribution in [0.5, 0.6) is 0 Å². The first-order chi connectivity index (χ1) is 13.8. The highest BCUT2D eigenvalue weighted by Gasteiger charge is 2.49. The monoisotopic (exact) mass is 393 g/mol. The molecule has 0 aromatic heterocycles. The van der Waals surface area contributed by atoms with Gasteiger partial charge in [-0.3, -0.25) is 14.5 Å². The summed E-state index contributed by atoms with van der Waals surface area (Å²) in [5, 5.41) is 5.57. The second kappa shape index (κ2) is 8.07. The van der Waals surface area contributed by atoms with E-state index < -0.39 is 23.4 Å². The molecule has 2 aromatic carbocycles. The van der Waals surface area contributed by atoms with Gasteiger partial charge in [0.25, 0.3) is 5.91 Å². The first-order valence-corrected chi connectivity index (χ1v) is 9.86. The standard InChI is InChI=1S/C23H27N3O3/c1-5-7-17-10-12-18(13-11-17)23(4)21(28)26(22(29)25-23)14-19(27)24-20-15(2)8-6-9-16(20)3/h6,8-13H,5,7,14H2,1-4H3,(H,24,27)(H,25,29). The number of carbonyl (C=O) groups is 3. The topological polar surface area (TPSA) is 78.5 Å². The molecule has 2 N–H and O–H groups in total. The van der Waals surface area contributed by atoms with Crippen LogP contribution in [0.1, 0.15) is 42.5 Å². The van der Waals surface area contributed by atoms with E-state index in [0.717, 1.165) is 28.9 Å². The zero-order chi connectivity index (χ0) is 21.2. The molecular formula is C23H27N3O3. The summed E-state index contributed by atoms with van der Waals surface area (Å²) in [5.74, 6) is -0.837. The van der Waals surface area contributed by atoms with Crippen LogP contribution in [0.2, 0.25) is 0 Å². The molecule has 0 bridgehead atoms. The summed E-state index contributed by atoms with van der Waals surface area (Å²) < 4.78 is 0. The van der Waals surface area contributed by atoms with Crippen molar-refractivity contribution in [3.63, 3.8) is 0 Å². The number of hydrogen-bond acceptors (Lipinski definition) is 3. The van der Waals surface area contributed by atoms with Crippen molar-refractivity contribution in [3.05, 3.63) is 64.7 Å². The molecular weight excluding hydrogens is 366 g/mol. The number of benzene rings is 2. The van der Waals surface area contributed by atoms with Gasteiger partial charge in [-0.05, 0) is 49.4 Å². The molecule has 0 spiro atoms.